The van der Waals surface area contributed by atoms with Crippen molar-refractivity contribution < 1.29 is 166 Å². The molecule has 8 atom stereocenters. The zero-order valence-electron chi connectivity index (χ0n) is 38.8. The smallest absolute Gasteiger partial charge is 0.790 e. The number of esters is 2. The van der Waals surface area contributed by atoms with Gasteiger partial charge in [-0.2, -0.15) is 0 Å². The Morgan fingerprint density at radius 2 is 0.823 bits per heavy atom. The molecule has 1 aliphatic rings. The van der Waals surface area contributed by atoms with E-state index in [-0.39, 0.29) is 102 Å². The standard InChI is InChI=1S/C41H80O16P2.3Na/c1-3-5-7-9-11-13-15-17-19-21-23-25-27-29-34(42)53-31-33(55-35(43)30-28-26-24-22-20-18-16-14-12-10-8-6-4-2)32-54-59(51,52)57-41-38(46)36(44)37(45)40(39(41)47)56-58(48,49)50;;;/h33,36-41,44-47H,3-32H2,1-2H3,(H,51,52)(H2,48,49,50);;;/q;3*+1/p-3/t33-,36-,37-,38-,39-,40+,41-;;;/m1.../s1. The van der Waals surface area contributed by atoms with E-state index in [1.54, 1.807) is 0 Å². The Bertz CT molecular complexity index is 1190. The van der Waals surface area contributed by atoms with E-state index in [1.165, 1.54) is 103 Å². The average Bonchev–Trinajstić information content (AvgIpc) is 3.18. The second kappa shape index (κ2) is 41.9. The van der Waals surface area contributed by atoms with Crippen molar-refractivity contribution >= 4 is 27.6 Å². The second-order valence-electron chi connectivity index (χ2n) is 16.1. The second-order valence-corrected chi connectivity index (χ2v) is 18.5. The molecule has 1 unspecified atom stereocenters. The Kier molecular flexibility index (Phi) is 46.2. The van der Waals surface area contributed by atoms with Crippen molar-refractivity contribution in [2.24, 2.45) is 0 Å². The molecular formula is C41H77Na3O16P2. The minimum absolute atomic E-state index is 0. The number of rotatable bonds is 38. The molecule has 1 aliphatic carbocycles. The molecule has 0 amide bonds. The number of phosphoric acid groups is 2. The van der Waals surface area contributed by atoms with Crippen molar-refractivity contribution in [2.45, 2.75) is 236 Å². The molecule has 16 nitrogen and oxygen atoms in total. The molecule has 350 valence electrons. The van der Waals surface area contributed by atoms with Gasteiger partial charge in [0.2, 0.25) is 0 Å². The summed E-state index contributed by atoms with van der Waals surface area (Å²) in [6.07, 6.45) is 14.0. The fourth-order valence-electron chi connectivity index (χ4n) is 7.13. The van der Waals surface area contributed by atoms with Crippen LogP contribution < -0.4 is 103 Å². The fourth-order valence-corrected chi connectivity index (χ4v) is 8.63. The van der Waals surface area contributed by atoms with Crippen molar-refractivity contribution in [3.05, 3.63) is 0 Å². The van der Waals surface area contributed by atoms with Gasteiger partial charge in [-0.3, -0.25) is 14.2 Å². The third kappa shape index (κ3) is 35.2. The molecule has 0 saturated heterocycles. The maximum atomic E-state index is 12.8. The van der Waals surface area contributed by atoms with E-state index < -0.39 is 83.5 Å². The van der Waals surface area contributed by atoms with Crippen LogP contribution in [0.25, 0.3) is 0 Å². The quantitative estimate of drug-likeness (QED) is 0.0208. The molecule has 0 heterocycles. The van der Waals surface area contributed by atoms with Crippen molar-refractivity contribution in [1.29, 1.82) is 0 Å². The number of ether oxygens (including phenoxy) is 2. The van der Waals surface area contributed by atoms with E-state index >= 15 is 0 Å². The van der Waals surface area contributed by atoms with Gasteiger partial charge in [-0.25, -0.2) is 0 Å². The van der Waals surface area contributed by atoms with Gasteiger partial charge in [0.15, 0.2) is 6.10 Å². The van der Waals surface area contributed by atoms with Crippen LogP contribution in [0.2, 0.25) is 0 Å². The number of carbonyl (C=O) groups is 2. The summed E-state index contributed by atoms with van der Waals surface area (Å²) in [6.45, 7) is 2.97. The summed E-state index contributed by atoms with van der Waals surface area (Å²) < 4.78 is 48.3. The third-order valence-corrected chi connectivity index (χ3v) is 12.1. The van der Waals surface area contributed by atoms with Gasteiger partial charge >= 0.3 is 101 Å². The zero-order chi connectivity index (χ0) is 43.9. The summed E-state index contributed by atoms with van der Waals surface area (Å²) in [7, 11) is -11.4. The van der Waals surface area contributed by atoms with E-state index in [4.69, 9.17) is 18.5 Å². The Labute approximate surface area is 438 Å². The SMILES string of the molecule is CCCCCCCCCCCCCCCC(=O)OC[C@H](COP(=O)([O-])O[C@H]1[C@H](O)[C@@H](OP(=O)([O-])[O-])[C@H](O)[C@@H](O)[C@H]1O)OC(=O)CCCCCCCCCCCCCCC.[Na+].[Na+].[Na+]. The van der Waals surface area contributed by atoms with Gasteiger partial charge in [0.25, 0.3) is 7.82 Å². The summed E-state index contributed by atoms with van der Waals surface area (Å²) in [5.41, 5.74) is 0. The van der Waals surface area contributed by atoms with Crippen molar-refractivity contribution in [2.75, 3.05) is 13.2 Å². The molecular weight excluding hydrogens is 879 g/mol. The minimum atomic E-state index is -5.87. The van der Waals surface area contributed by atoms with Gasteiger partial charge in [0, 0.05) is 12.8 Å². The summed E-state index contributed by atoms with van der Waals surface area (Å²) in [5.74, 6) is -1.25. The minimum Gasteiger partial charge on any atom is -0.790 e. The van der Waals surface area contributed by atoms with Crippen molar-refractivity contribution in [3.8, 4) is 0 Å². The van der Waals surface area contributed by atoms with Gasteiger partial charge in [-0.05, 0) is 12.8 Å². The largest absolute Gasteiger partial charge is 1.00 e. The first-order chi connectivity index (χ1) is 28.1. The predicted molar refractivity (Wildman–Crippen MR) is 216 cm³/mol. The molecule has 0 aliphatic heterocycles. The molecule has 1 fully saturated rings. The van der Waals surface area contributed by atoms with Gasteiger partial charge in [-0.15, -0.1) is 0 Å². The molecule has 0 bridgehead atoms. The third-order valence-electron chi connectivity index (χ3n) is 10.7. The van der Waals surface area contributed by atoms with Crippen LogP contribution in [0.4, 0.5) is 0 Å². The maximum Gasteiger partial charge on any atom is 1.00 e. The number of hydrogen-bond donors (Lipinski definition) is 4. The van der Waals surface area contributed by atoms with E-state index in [2.05, 4.69) is 18.4 Å². The first kappa shape index (κ1) is 68.3. The van der Waals surface area contributed by atoms with Crippen LogP contribution in [0, 0.1) is 0 Å². The van der Waals surface area contributed by atoms with Crippen LogP contribution in [0.15, 0.2) is 0 Å². The molecule has 0 spiro atoms. The van der Waals surface area contributed by atoms with Crippen LogP contribution in [-0.2, 0) is 41.8 Å². The van der Waals surface area contributed by atoms with Gasteiger partial charge < -0.3 is 62.7 Å². The Balaban J connectivity index is -0.0000116. The molecule has 0 aromatic carbocycles. The van der Waals surface area contributed by atoms with Gasteiger partial charge in [-0.1, -0.05) is 168 Å². The molecule has 62 heavy (non-hydrogen) atoms. The van der Waals surface area contributed by atoms with E-state index in [0.717, 1.165) is 51.4 Å². The topological polar surface area (TPSA) is 265 Å². The first-order valence-corrected chi connectivity index (χ1v) is 25.5. The van der Waals surface area contributed by atoms with E-state index in [1.807, 2.05) is 0 Å². The van der Waals surface area contributed by atoms with E-state index in [0.29, 0.717) is 12.8 Å². The van der Waals surface area contributed by atoms with Crippen LogP contribution in [0.3, 0.4) is 0 Å². The normalized spacial score (nSPS) is 21.4. The predicted octanol–water partition coefficient (Wildman–Crippen LogP) is -3.04. The monoisotopic (exact) mass is 956 g/mol. The summed E-state index contributed by atoms with van der Waals surface area (Å²) in [4.78, 5) is 60.4. The maximum absolute atomic E-state index is 12.8. The van der Waals surface area contributed by atoms with Crippen LogP contribution in [0.1, 0.15) is 194 Å². The van der Waals surface area contributed by atoms with Gasteiger partial charge in [0.05, 0.1) is 14.4 Å². The summed E-state index contributed by atoms with van der Waals surface area (Å²) in [6, 6.07) is 0. The first-order valence-electron chi connectivity index (χ1n) is 22.5. The number of aliphatic hydroxyl groups is 4. The Hall–Kier alpha value is 2.00. The van der Waals surface area contributed by atoms with Crippen molar-refractivity contribution in [3.63, 3.8) is 0 Å². The van der Waals surface area contributed by atoms with Gasteiger partial charge in [0.1, 0.15) is 43.2 Å². The van der Waals surface area contributed by atoms with Crippen LogP contribution >= 0.6 is 15.6 Å². The van der Waals surface area contributed by atoms with Crippen molar-refractivity contribution in [1.82, 2.24) is 0 Å². The zero-order valence-corrected chi connectivity index (χ0v) is 46.6. The molecule has 21 heteroatoms. The number of phosphoric ester groups is 2. The molecule has 0 aromatic heterocycles. The summed E-state index contributed by atoms with van der Waals surface area (Å²) >= 11 is 0. The van der Waals surface area contributed by atoms with E-state index in [9.17, 15) is 53.8 Å². The number of hydrogen-bond acceptors (Lipinski definition) is 16. The number of unbranched alkanes of at least 4 members (excludes halogenated alkanes) is 24. The van der Waals surface area contributed by atoms with Crippen LogP contribution in [0.5, 0.6) is 0 Å². The average molecular weight is 957 g/mol. The molecule has 1 saturated carbocycles. The number of aliphatic hydroxyl groups excluding tert-OH is 4. The Morgan fingerprint density at radius 3 is 1.19 bits per heavy atom. The molecule has 0 radical (unpaired) electrons. The fraction of sp³-hybridized carbons (Fsp3) is 0.951. The van der Waals surface area contributed by atoms with Crippen LogP contribution in [-0.4, -0.2) is 88.3 Å². The summed E-state index contributed by atoms with van der Waals surface area (Å²) in [5, 5.41) is 40.9. The molecule has 4 N–H and O–H groups in total. The number of carbonyl (C=O) groups excluding carboxylic acids is 2. The Morgan fingerprint density at radius 1 is 0.484 bits per heavy atom. The molecule has 0 aromatic rings. The molecule has 1 rings (SSSR count).